The number of morpholine rings is 1. The van der Waals surface area contributed by atoms with E-state index in [4.69, 9.17) is 9.47 Å². The lowest BCUT2D eigenvalue weighted by atomic mass is 10.1. The van der Waals surface area contributed by atoms with E-state index in [9.17, 15) is 22.8 Å². The zero-order valence-corrected chi connectivity index (χ0v) is 22.4. The molecule has 1 aliphatic rings. The summed E-state index contributed by atoms with van der Waals surface area (Å²) in [5, 5.41) is 2.57. The number of rotatable bonds is 7. The molecule has 3 aromatic rings. The molecule has 1 amide bonds. The number of hydrogen-bond acceptors (Lipinski definition) is 7. The third kappa shape index (κ3) is 5.28. The molecular weight excluding hydrogens is 512 g/mol. The number of aromatic nitrogens is 2. The standard InChI is InChI=1S/C26H30N4O7S/c1-17-10-11-20(16-22(17)38(34,35)29-12-14-36-15-13-29)26(33)37-19(3)24(31)27-23-18(2)28(4)30(25(23)32)21-8-6-5-7-9-21/h5-11,16,19H,12-15H2,1-4H3,(H,27,31). The fourth-order valence-electron chi connectivity index (χ4n) is 4.15. The number of nitrogens with one attached hydrogen (secondary N) is 1. The zero-order valence-electron chi connectivity index (χ0n) is 21.6. The van der Waals surface area contributed by atoms with Gasteiger partial charge in [0.1, 0.15) is 5.69 Å². The average molecular weight is 543 g/mol. The van der Waals surface area contributed by atoms with Gasteiger partial charge in [-0.15, -0.1) is 0 Å². The first kappa shape index (κ1) is 27.3. The molecule has 12 heteroatoms. The van der Waals surface area contributed by atoms with Crippen molar-refractivity contribution in [1.82, 2.24) is 13.7 Å². The van der Waals surface area contributed by atoms with Crippen LogP contribution in [0.5, 0.6) is 0 Å². The molecular formula is C26H30N4O7S. The van der Waals surface area contributed by atoms with E-state index in [-0.39, 0.29) is 29.2 Å². The van der Waals surface area contributed by atoms with Crippen LogP contribution in [0.3, 0.4) is 0 Å². The van der Waals surface area contributed by atoms with Crippen LogP contribution in [0.15, 0.2) is 58.2 Å². The van der Waals surface area contributed by atoms with Crippen molar-refractivity contribution in [2.75, 3.05) is 31.6 Å². The normalized spacial score (nSPS) is 15.2. The smallest absolute Gasteiger partial charge is 0.338 e. The van der Waals surface area contributed by atoms with Crippen LogP contribution in [0.25, 0.3) is 5.69 Å². The van der Waals surface area contributed by atoms with Crippen molar-refractivity contribution in [1.29, 1.82) is 0 Å². The van der Waals surface area contributed by atoms with Gasteiger partial charge in [0.15, 0.2) is 6.10 Å². The lowest BCUT2D eigenvalue weighted by Gasteiger charge is -2.26. The fourth-order valence-corrected chi connectivity index (χ4v) is 5.81. The molecule has 4 rings (SSSR count). The van der Waals surface area contributed by atoms with Gasteiger partial charge in [-0.2, -0.15) is 4.31 Å². The minimum absolute atomic E-state index is 0.00710. The Morgan fingerprint density at radius 2 is 1.71 bits per heavy atom. The van der Waals surface area contributed by atoms with Crippen molar-refractivity contribution in [3.05, 3.63) is 75.7 Å². The maximum Gasteiger partial charge on any atom is 0.338 e. The predicted molar refractivity (Wildman–Crippen MR) is 140 cm³/mol. The lowest BCUT2D eigenvalue weighted by Crippen LogP contribution is -2.40. The van der Waals surface area contributed by atoms with Crippen molar-refractivity contribution in [3.63, 3.8) is 0 Å². The number of benzene rings is 2. The van der Waals surface area contributed by atoms with Gasteiger partial charge < -0.3 is 14.8 Å². The second kappa shape index (κ2) is 10.9. The first-order chi connectivity index (χ1) is 18.0. The van der Waals surface area contributed by atoms with Crippen LogP contribution in [-0.2, 0) is 31.3 Å². The molecule has 0 spiro atoms. The van der Waals surface area contributed by atoms with E-state index in [2.05, 4.69) is 5.32 Å². The zero-order chi connectivity index (χ0) is 27.6. The van der Waals surface area contributed by atoms with Crippen molar-refractivity contribution in [2.45, 2.75) is 31.8 Å². The number of nitrogens with zero attached hydrogens (tertiary/aromatic N) is 3. The summed E-state index contributed by atoms with van der Waals surface area (Å²) in [4.78, 5) is 38.8. The molecule has 1 N–H and O–H groups in total. The number of sulfonamides is 1. The summed E-state index contributed by atoms with van der Waals surface area (Å²) < 4.78 is 41.2. The molecule has 38 heavy (non-hydrogen) atoms. The number of para-hydroxylation sites is 1. The number of esters is 1. The summed E-state index contributed by atoms with van der Waals surface area (Å²) in [6.07, 6.45) is -1.26. The maximum absolute atomic E-state index is 13.1. The predicted octanol–water partition coefficient (Wildman–Crippen LogP) is 2.00. The van der Waals surface area contributed by atoms with Crippen molar-refractivity contribution < 1.29 is 27.5 Å². The Bertz CT molecular complexity index is 1520. The van der Waals surface area contributed by atoms with Crippen LogP contribution in [0.1, 0.15) is 28.5 Å². The minimum Gasteiger partial charge on any atom is -0.449 e. The molecule has 1 aliphatic heterocycles. The molecule has 0 bridgehead atoms. The summed E-state index contributed by atoms with van der Waals surface area (Å²) in [6.45, 7) is 5.74. The largest absolute Gasteiger partial charge is 0.449 e. The van der Waals surface area contributed by atoms with Gasteiger partial charge in [-0.05, 0) is 50.6 Å². The number of carbonyl (C=O) groups excluding carboxylic acids is 2. The summed E-state index contributed by atoms with van der Waals surface area (Å²) in [5.74, 6) is -1.56. The molecule has 1 aromatic heterocycles. The van der Waals surface area contributed by atoms with Gasteiger partial charge in [-0.3, -0.25) is 14.3 Å². The maximum atomic E-state index is 13.1. The highest BCUT2D eigenvalue weighted by Gasteiger charge is 2.29. The van der Waals surface area contributed by atoms with E-state index in [0.717, 1.165) is 0 Å². The number of amides is 1. The second-order valence-electron chi connectivity index (χ2n) is 8.97. The van der Waals surface area contributed by atoms with Crippen LogP contribution < -0.4 is 10.9 Å². The number of hydrogen-bond donors (Lipinski definition) is 1. The van der Waals surface area contributed by atoms with Crippen molar-refractivity contribution >= 4 is 27.6 Å². The Hall–Kier alpha value is -3.74. The Morgan fingerprint density at radius 1 is 1.05 bits per heavy atom. The van der Waals surface area contributed by atoms with Gasteiger partial charge in [-0.25, -0.2) is 17.9 Å². The molecule has 1 saturated heterocycles. The third-order valence-electron chi connectivity index (χ3n) is 6.47. The van der Waals surface area contributed by atoms with Gasteiger partial charge >= 0.3 is 5.97 Å². The molecule has 11 nitrogen and oxygen atoms in total. The van der Waals surface area contributed by atoms with Gasteiger partial charge in [0.2, 0.25) is 10.0 Å². The topological polar surface area (TPSA) is 129 Å². The van der Waals surface area contributed by atoms with Crippen LogP contribution in [0, 0.1) is 13.8 Å². The van der Waals surface area contributed by atoms with E-state index in [1.165, 1.54) is 34.1 Å². The molecule has 1 unspecified atom stereocenters. The van der Waals surface area contributed by atoms with Crippen LogP contribution >= 0.6 is 0 Å². The SMILES string of the molecule is Cc1ccc(C(=O)OC(C)C(=O)Nc2c(C)n(C)n(-c3ccccc3)c2=O)cc1S(=O)(=O)N1CCOCC1. The van der Waals surface area contributed by atoms with Crippen molar-refractivity contribution in [2.24, 2.45) is 7.05 Å². The molecule has 202 valence electrons. The van der Waals surface area contributed by atoms with Gasteiger partial charge in [0, 0.05) is 20.1 Å². The minimum atomic E-state index is -3.84. The molecule has 1 fully saturated rings. The average Bonchev–Trinajstić information content (AvgIpc) is 3.12. The number of ether oxygens (including phenoxy) is 2. The molecule has 2 aromatic carbocycles. The summed E-state index contributed by atoms with van der Waals surface area (Å²) in [7, 11) is -2.14. The van der Waals surface area contributed by atoms with E-state index in [1.807, 2.05) is 6.07 Å². The first-order valence-electron chi connectivity index (χ1n) is 12.1. The Morgan fingerprint density at radius 3 is 2.37 bits per heavy atom. The van der Waals surface area contributed by atoms with E-state index < -0.39 is 33.6 Å². The highest BCUT2D eigenvalue weighted by Crippen LogP contribution is 2.23. The Kier molecular flexibility index (Phi) is 7.86. The molecule has 1 atom stereocenters. The van der Waals surface area contributed by atoms with Gasteiger partial charge in [0.25, 0.3) is 11.5 Å². The van der Waals surface area contributed by atoms with E-state index >= 15 is 0 Å². The van der Waals surface area contributed by atoms with Crippen molar-refractivity contribution in [3.8, 4) is 5.69 Å². The quantitative estimate of drug-likeness (QED) is 0.452. The highest BCUT2D eigenvalue weighted by atomic mass is 32.2. The van der Waals surface area contributed by atoms with E-state index in [1.54, 1.807) is 49.8 Å². The number of anilines is 1. The lowest BCUT2D eigenvalue weighted by molar-refractivity contribution is -0.123. The second-order valence-corrected chi connectivity index (χ2v) is 10.9. The highest BCUT2D eigenvalue weighted by molar-refractivity contribution is 7.89. The fraction of sp³-hybridized carbons (Fsp3) is 0.346. The van der Waals surface area contributed by atoms with Crippen LogP contribution in [-0.4, -0.2) is 66.4 Å². The third-order valence-corrected chi connectivity index (χ3v) is 8.51. The molecule has 0 saturated carbocycles. The summed E-state index contributed by atoms with van der Waals surface area (Å²) in [6, 6.07) is 13.2. The van der Waals surface area contributed by atoms with Crippen LogP contribution in [0.4, 0.5) is 5.69 Å². The molecule has 0 aliphatic carbocycles. The molecule has 2 heterocycles. The monoisotopic (exact) mass is 542 g/mol. The van der Waals surface area contributed by atoms with Crippen LogP contribution in [0.2, 0.25) is 0 Å². The Balaban J connectivity index is 1.50. The summed E-state index contributed by atoms with van der Waals surface area (Å²) in [5.41, 5.74) is 1.25. The molecule has 0 radical (unpaired) electrons. The van der Waals surface area contributed by atoms with E-state index in [0.29, 0.717) is 30.2 Å². The van der Waals surface area contributed by atoms with Gasteiger partial charge in [0.05, 0.1) is 35.1 Å². The summed E-state index contributed by atoms with van der Waals surface area (Å²) >= 11 is 0. The van der Waals surface area contributed by atoms with Gasteiger partial charge in [-0.1, -0.05) is 24.3 Å². The first-order valence-corrected chi connectivity index (χ1v) is 13.5. The number of carbonyl (C=O) groups is 2. The Labute approximate surface area is 220 Å². The number of aryl methyl sites for hydroxylation is 1.